The number of rotatable bonds is 8. The van der Waals surface area contributed by atoms with Crippen LogP contribution in [0.2, 0.25) is 0 Å². The molecule has 0 radical (unpaired) electrons. The highest BCUT2D eigenvalue weighted by Crippen LogP contribution is 2.45. The summed E-state index contributed by atoms with van der Waals surface area (Å²) in [6, 6.07) is 13.3. The van der Waals surface area contributed by atoms with Gasteiger partial charge in [-0.25, -0.2) is 4.39 Å². The second-order valence-electron chi connectivity index (χ2n) is 10.1. The number of imide groups is 1. The minimum Gasteiger partial charge on any atom is -0.497 e. The molecule has 3 aliphatic rings. The highest BCUT2D eigenvalue weighted by atomic mass is 19.1. The second-order valence-corrected chi connectivity index (χ2v) is 10.1. The van der Waals surface area contributed by atoms with Crippen molar-refractivity contribution < 1.29 is 28.2 Å². The van der Waals surface area contributed by atoms with Gasteiger partial charge in [-0.1, -0.05) is 24.3 Å². The van der Waals surface area contributed by atoms with E-state index in [1.165, 1.54) is 11.0 Å². The Bertz CT molecular complexity index is 1150. The molecule has 2 heterocycles. The number of carbonyl (C=O) groups is 3. The summed E-state index contributed by atoms with van der Waals surface area (Å²) in [6.07, 6.45) is 3.24. The van der Waals surface area contributed by atoms with Crippen LogP contribution >= 0.6 is 0 Å². The molecule has 0 N–H and O–H groups in total. The number of halogens is 1. The van der Waals surface area contributed by atoms with Crippen LogP contribution in [-0.4, -0.2) is 60.4 Å². The lowest BCUT2D eigenvalue weighted by molar-refractivity contribution is -0.143. The van der Waals surface area contributed by atoms with Crippen LogP contribution in [0.1, 0.15) is 44.1 Å². The summed E-state index contributed by atoms with van der Waals surface area (Å²) in [6.45, 7) is 1.36. The number of hydrogen-bond acceptors (Lipinski definition) is 5. The van der Waals surface area contributed by atoms with Crippen molar-refractivity contribution in [3.63, 3.8) is 0 Å². The maximum atomic E-state index is 13.9. The topological polar surface area (TPSA) is 76.2 Å². The van der Waals surface area contributed by atoms with Crippen molar-refractivity contribution in [2.24, 2.45) is 5.92 Å². The van der Waals surface area contributed by atoms with Gasteiger partial charge in [0.25, 0.3) is 0 Å². The van der Waals surface area contributed by atoms with E-state index in [2.05, 4.69) is 0 Å². The highest BCUT2D eigenvalue weighted by molar-refractivity contribution is 6.11. The zero-order chi connectivity index (χ0) is 25.3. The number of carbonyl (C=O) groups excluding carboxylic acids is 3. The third-order valence-electron chi connectivity index (χ3n) is 7.54. The first kappa shape index (κ1) is 24.3. The number of hydrogen-bond donors (Lipinski definition) is 0. The summed E-state index contributed by atoms with van der Waals surface area (Å²) >= 11 is 0. The lowest BCUT2D eigenvalue weighted by atomic mass is 9.75. The smallest absolute Gasteiger partial charge is 0.241 e. The fraction of sp³-hybridized carbons (Fsp3) is 0.464. The number of piperidine rings is 1. The van der Waals surface area contributed by atoms with Crippen LogP contribution in [0.15, 0.2) is 48.5 Å². The molecule has 2 aromatic carbocycles. The van der Waals surface area contributed by atoms with Crippen LogP contribution in [0.3, 0.4) is 0 Å². The Hall–Kier alpha value is -3.42. The van der Waals surface area contributed by atoms with Crippen LogP contribution in [-0.2, 0) is 19.8 Å². The Morgan fingerprint density at radius 2 is 1.83 bits per heavy atom. The van der Waals surface area contributed by atoms with Crippen LogP contribution < -0.4 is 9.47 Å². The van der Waals surface area contributed by atoms with Crippen LogP contribution in [0.5, 0.6) is 11.5 Å². The SMILES string of the molecule is COc1ccc(C2(CC(=O)N3CCCC(COc4ccccc4F)C3)CC(=O)N(C3CC3)C2=O)cc1. The summed E-state index contributed by atoms with van der Waals surface area (Å²) in [5, 5.41) is 0. The van der Waals surface area contributed by atoms with E-state index >= 15 is 0 Å². The van der Waals surface area contributed by atoms with Gasteiger partial charge in [-0.15, -0.1) is 0 Å². The molecule has 0 spiro atoms. The van der Waals surface area contributed by atoms with Gasteiger partial charge in [0, 0.05) is 37.9 Å². The molecule has 36 heavy (non-hydrogen) atoms. The first-order chi connectivity index (χ1) is 17.4. The van der Waals surface area contributed by atoms with E-state index in [0.717, 1.165) is 25.7 Å². The van der Waals surface area contributed by atoms with Crippen molar-refractivity contribution in [3.05, 3.63) is 59.9 Å². The van der Waals surface area contributed by atoms with Gasteiger partial charge in [-0.05, 0) is 55.5 Å². The van der Waals surface area contributed by atoms with E-state index in [-0.39, 0.29) is 48.3 Å². The van der Waals surface area contributed by atoms with Crippen molar-refractivity contribution in [3.8, 4) is 11.5 Å². The predicted octanol–water partition coefficient (Wildman–Crippen LogP) is 3.70. The largest absolute Gasteiger partial charge is 0.497 e. The number of likely N-dealkylation sites (tertiary alicyclic amines) is 2. The van der Waals surface area contributed by atoms with E-state index in [1.54, 1.807) is 54.5 Å². The normalized spacial score (nSPS) is 24.2. The van der Waals surface area contributed by atoms with Crippen molar-refractivity contribution >= 4 is 17.7 Å². The van der Waals surface area contributed by atoms with E-state index in [9.17, 15) is 18.8 Å². The number of ether oxygens (including phenoxy) is 2. The van der Waals surface area contributed by atoms with E-state index in [0.29, 0.717) is 31.0 Å². The fourth-order valence-corrected chi connectivity index (χ4v) is 5.41. The Kier molecular flexibility index (Phi) is 6.69. The van der Waals surface area contributed by atoms with Gasteiger partial charge in [-0.2, -0.15) is 0 Å². The summed E-state index contributed by atoms with van der Waals surface area (Å²) in [5.41, 5.74) is -0.547. The van der Waals surface area contributed by atoms with E-state index in [4.69, 9.17) is 9.47 Å². The van der Waals surface area contributed by atoms with Crippen molar-refractivity contribution in [2.45, 2.75) is 50.0 Å². The molecule has 2 atom stereocenters. The Balaban J connectivity index is 1.32. The molecule has 8 heteroatoms. The molecule has 2 unspecified atom stereocenters. The predicted molar refractivity (Wildman–Crippen MR) is 130 cm³/mol. The molecule has 2 aliphatic heterocycles. The maximum absolute atomic E-state index is 13.9. The minimum atomic E-state index is -1.21. The van der Waals surface area contributed by atoms with Gasteiger partial charge in [-0.3, -0.25) is 19.3 Å². The molecule has 7 nitrogen and oxygen atoms in total. The number of para-hydroxylation sites is 1. The summed E-state index contributed by atoms with van der Waals surface area (Å²) < 4.78 is 24.9. The maximum Gasteiger partial charge on any atom is 0.241 e. The Labute approximate surface area is 210 Å². The summed E-state index contributed by atoms with van der Waals surface area (Å²) in [7, 11) is 1.57. The van der Waals surface area contributed by atoms with Gasteiger partial charge < -0.3 is 14.4 Å². The van der Waals surface area contributed by atoms with Gasteiger partial charge >= 0.3 is 0 Å². The fourth-order valence-electron chi connectivity index (χ4n) is 5.41. The molecule has 1 saturated carbocycles. The third-order valence-corrected chi connectivity index (χ3v) is 7.54. The molecule has 0 aromatic heterocycles. The van der Waals surface area contributed by atoms with Crippen LogP contribution in [0.4, 0.5) is 4.39 Å². The van der Waals surface area contributed by atoms with Crippen molar-refractivity contribution in [2.75, 3.05) is 26.8 Å². The van der Waals surface area contributed by atoms with E-state index < -0.39 is 11.2 Å². The monoisotopic (exact) mass is 494 g/mol. The lowest BCUT2D eigenvalue weighted by Crippen LogP contribution is -2.47. The molecular weight excluding hydrogens is 463 g/mol. The van der Waals surface area contributed by atoms with Crippen LogP contribution in [0.25, 0.3) is 0 Å². The number of benzene rings is 2. The quantitative estimate of drug-likeness (QED) is 0.523. The van der Waals surface area contributed by atoms with Gasteiger partial charge in [0.05, 0.1) is 19.1 Å². The van der Waals surface area contributed by atoms with E-state index in [1.807, 2.05) is 0 Å². The minimum absolute atomic E-state index is 0.00589. The van der Waals surface area contributed by atoms with Gasteiger partial charge in [0.15, 0.2) is 11.6 Å². The van der Waals surface area contributed by atoms with Gasteiger partial charge in [0.1, 0.15) is 5.75 Å². The zero-order valence-corrected chi connectivity index (χ0v) is 20.5. The summed E-state index contributed by atoms with van der Waals surface area (Å²) in [4.78, 5) is 43.4. The lowest BCUT2D eigenvalue weighted by Gasteiger charge is -2.35. The van der Waals surface area contributed by atoms with Gasteiger partial charge in [0.2, 0.25) is 17.7 Å². The molecule has 3 fully saturated rings. The summed E-state index contributed by atoms with van der Waals surface area (Å²) in [5.74, 6) is -0.138. The van der Waals surface area contributed by atoms with Crippen molar-refractivity contribution in [1.82, 2.24) is 9.80 Å². The number of amides is 3. The molecule has 1 aliphatic carbocycles. The number of methoxy groups -OCH3 is 1. The zero-order valence-electron chi connectivity index (χ0n) is 20.5. The van der Waals surface area contributed by atoms with Crippen molar-refractivity contribution in [1.29, 1.82) is 0 Å². The first-order valence-electron chi connectivity index (χ1n) is 12.6. The molecule has 3 amide bonds. The number of nitrogens with zero attached hydrogens (tertiary/aromatic N) is 2. The highest BCUT2D eigenvalue weighted by Gasteiger charge is 2.57. The second kappa shape index (κ2) is 9.91. The molecule has 190 valence electrons. The standard InChI is InChI=1S/C28H31FN2O5/c1-35-22-12-8-20(9-13-22)28(16-26(33)31(27(28)34)21-10-11-21)15-25(32)30-14-4-5-19(17-30)18-36-24-7-3-2-6-23(24)29/h2-3,6-9,12-13,19,21H,4-5,10-11,14-18H2,1H3. The first-order valence-corrected chi connectivity index (χ1v) is 12.6. The molecule has 2 saturated heterocycles. The molecule has 0 bridgehead atoms. The third kappa shape index (κ3) is 4.68. The molecular formula is C28H31FN2O5. The molecule has 2 aromatic rings. The Morgan fingerprint density at radius 3 is 2.53 bits per heavy atom. The average Bonchev–Trinajstić information content (AvgIpc) is 3.69. The molecule has 5 rings (SSSR count). The Morgan fingerprint density at radius 1 is 1.08 bits per heavy atom. The average molecular weight is 495 g/mol. The van der Waals surface area contributed by atoms with Crippen LogP contribution in [0, 0.1) is 11.7 Å².